The fraction of sp³-hybridized carbons (Fsp3) is 0.263. The Kier molecular flexibility index (Phi) is 4.95. The number of carbonyl (C=O) groups excluding carboxylic acids is 2. The van der Waals surface area contributed by atoms with Crippen LogP contribution >= 0.6 is 11.6 Å². The van der Waals surface area contributed by atoms with Crippen LogP contribution in [0.5, 0.6) is 0 Å². The molecule has 6 heteroatoms. The van der Waals surface area contributed by atoms with Crippen LogP contribution in [-0.4, -0.2) is 18.0 Å². The van der Waals surface area contributed by atoms with Crippen LogP contribution in [0.4, 0.5) is 10.5 Å². The number of rotatable bonds is 4. The minimum atomic E-state index is -0.664. The number of amides is 3. The molecule has 5 nitrogen and oxygen atoms in total. The molecule has 2 aromatic rings. The third-order valence-electron chi connectivity index (χ3n) is 4.44. The normalized spacial score (nSPS) is 17.0. The van der Waals surface area contributed by atoms with Crippen molar-refractivity contribution in [2.75, 3.05) is 4.90 Å². The van der Waals surface area contributed by atoms with Gasteiger partial charge in [0.2, 0.25) is 5.91 Å². The van der Waals surface area contributed by atoms with E-state index in [1.165, 1.54) is 0 Å². The molecule has 3 rings (SSSR count). The van der Waals surface area contributed by atoms with Crippen LogP contribution in [0.3, 0.4) is 0 Å². The van der Waals surface area contributed by atoms with Gasteiger partial charge in [-0.2, -0.15) is 0 Å². The molecule has 0 aromatic heterocycles. The lowest BCUT2D eigenvalue weighted by molar-refractivity contribution is -0.119. The Bertz CT molecular complexity index is 792. The van der Waals surface area contributed by atoms with Gasteiger partial charge in [-0.1, -0.05) is 41.9 Å². The second-order valence-corrected chi connectivity index (χ2v) is 6.70. The number of halogens is 1. The lowest BCUT2D eigenvalue weighted by Gasteiger charge is -2.26. The van der Waals surface area contributed by atoms with Gasteiger partial charge < -0.3 is 16.0 Å². The van der Waals surface area contributed by atoms with Gasteiger partial charge in [0.15, 0.2) is 0 Å². The molecule has 1 aliphatic rings. The fourth-order valence-corrected chi connectivity index (χ4v) is 3.46. The van der Waals surface area contributed by atoms with Crippen molar-refractivity contribution in [2.24, 2.45) is 5.73 Å². The standard InChI is InChI=1S/C19H20ClN3O2/c1-12-10-14-4-2-3-5-17(14)23(12)18(24)11-16(22-19(21)25)13-6-8-15(20)9-7-13/h2-9,12,16H,10-11H2,1H3,(H3,21,22,25)/t12-,16+/m1/s1. The van der Waals surface area contributed by atoms with Gasteiger partial charge in [0, 0.05) is 16.8 Å². The van der Waals surface area contributed by atoms with Crippen molar-refractivity contribution < 1.29 is 9.59 Å². The molecule has 2 atom stereocenters. The average Bonchev–Trinajstić information content (AvgIpc) is 2.90. The van der Waals surface area contributed by atoms with Crippen LogP contribution in [0.2, 0.25) is 5.02 Å². The number of carbonyl (C=O) groups is 2. The number of nitrogens with zero attached hydrogens (tertiary/aromatic N) is 1. The van der Waals surface area contributed by atoms with Crippen molar-refractivity contribution in [1.82, 2.24) is 5.32 Å². The molecule has 0 radical (unpaired) electrons. The predicted octanol–water partition coefficient (Wildman–Crippen LogP) is 3.42. The van der Waals surface area contributed by atoms with Gasteiger partial charge in [-0.3, -0.25) is 4.79 Å². The van der Waals surface area contributed by atoms with Crippen LogP contribution in [0.1, 0.15) is 30.5 Å². The zero-order valence-electron chi connectivity index (χ0n) is 13.9. The van der Waals surface area contributed by atoms with Gasteiger partial charge in [0.25, 0.3) is 0 Å². The van der Waals surface area contributed by atoms with E-state index in [1.54, 1.807) is 29.2 Å². The Morgan fingerprint density at radius 1 is 1.24 bits per heavy atom. The van der Waals surface area contributed by atoms with Crippen molar-refractivity contribution in [3.8, 4) is 0 Å². The second-order valence-electron chi connectivity index (χ2n) is 6.26. The van der Waals surface area contributed by atoms with Gasteiger partial charge >= 0.3 is 6.03 Å². The van der Waals surface area contributed by atoms with Crippen LogP contribution in [0.15, 0.2) is 48.5 Å². The molecule has 0 aliphatic carbocycles. The van der Waals surface area contributed by atoms with Crippen LogP contribution in [0, 0.1) is 0 Å². The molecule has 0 saturated heterocycles. The molecule has 0 saturated carbocycles. The van der Waals surface area contributed by atoms with E-state index in [0.29, 0.717) is 5.02 Å². The molecule has 2 aromatic carbocycles. The number of hydrogen-bond acceptors (Lipinski definition) is 2. The molecule has 130 valence electrons. The van der Waals surface area contributed by atoms with Crippen molar-refractivity contribution >= 4 is 29.2 Å². The van der Waals surface area contributed by atoms with E-state index in [-0.39, 0.29) is 18.4 Å². The number of benzene rings is 2. The highest BCUT2D eigenvalue weighted by Gasteiger charge is 2.32. The van der Waals surface area contributed by atoms with Crippen molar-refractivity contribution in [3.63, 3.8) is 0 Å². The minimum Gasteiger partial charge on any atom is -0.352 e. The Morgan fingerprint density at radius 2 is 1.92 bits per heavy atom. The SMILES string of the molecule is C[C@@H]1Cc2ccccc2N1C(=O)C[C@H](NC(N)=O)c1ccc(Cl)cc1. The number of urea groups is 1. The lowest BCUT2D eigenvalue weighted by atomic mass is 10.0. The van der Waals surface area contributed by atoms with E-state index >= 15 is 0 Å². The summed E-state index contributed by atoms with van der Waals surface area (Å²) in [4.78, 5) is 26.1. The second kappa shape index (κ2) is 7.15. The zero-order chi connectivity index (χ0) is 18.0. The first kappa shape index (κ1) is 17.3. The van der Waals surface area contributed by atoms with E-state index < -0.39 is 12.1 Å². The highest BCUT2D eigenvalue weighted by atomic mass is 35.5. The van der Waals surface area contributed by atoms with Crippen LogP contribution < -0.4 is 16.0 Å². The van der Waals surface area contributed by atoms with Crippen LogP contribution in [0.25, 0.3) is 0 Å². The summed E-state index contributed by atoms with van der Waals surface area (Å²) in [6.07, 6.45) is 0.958. The summed E-state index contributed by atoms with van der Waals surface area (Å²) in [5.74, 6) is -0.0499. The van der Waals surface area contributed by atoms with Crippen molar-refractivity contribution in [1.29, 1.82) is 0 Å². The Labute approximate surface area is 151 Å². The first-order valence-electron chi connectivity index (χ1n) is 8.17. The molecule has 3 amide bonds. The molecular formula is C19H20ClN3O2. The van der Waals surface area contributed by atoms with Crippen molar-refractivity contribution in [3.05, 3.63) is 64.7 Å². The number of primary amides is 1. The third-order valence-corrected chi connectivity index (χ3v) is 4.70. The zero-order valence-corrected chi connectivity index (χ0v) is 14.7. The highest BCUT2D eigenvalue weighted by molar-refractivity contribution is 6.30. The minimum absolute atomic E-state index is 0.0499. The average molecular weight is 358 g/mol. The maximum absolute atomic E-state index is 13.0. The molecule has 3 N–H and O–H groups in total. The lowest BCUT2D eigenvalue weighted by Crippen LogP contribution is -2.40. The van der Waals surface area contributed by atoms with Gasteiger partial charge in [-0.15, -0.1) is 0 Å². The molecule has 0 fully saturated rings. The molecule has 0 bridgehead atoms. The fourth-order valence-electron chi connectivity index (χ4n) is 3.34. The summed E-state index contributed by atoms with van der Waals surface area (Å²) in [5, 5.41) is 3.25. The summed E-state index contributed by atoms with van der Waals surface area (Å²) in [5.41, 5.74) is 8.18. The third kappa shape index (κ3) is 3.77. The summed E-state index contributed by atoms with van der Waals surface area (Å²) in [6, 6.07) is 13.9. The summed E-state index contributed by atoms with van der Waals surface area (Å²) >= 11 is 5.92. The highest BCUT2D eigenvalue weighted by Crippen LogP contribution is 2.33. The summed E-state index contributed by atoms with van der Waals surface area (Å²) in [7, 11) is 0. The first-order chi connectivity index (χ1) is 12.0. The monoisotopic (exact) mass is 357 g/mol. The molecule has 25 heavy (non-hydrogen) atoms. The summed E-state index contributed by atoms with van der Waals surface area (Å²) in [6.45, 7) is 2.02. The van der Waals surface area contributed by atoms with E-state index in [9.17, 15) is 9.59 Å². The van der Waals surface area contributed by atoms with E-state index in [4.69, 9.17) is 17.3 Å². The Hall–Kier alpha value is -2.53. The van der Waals surface area contributed by atoms with Gasteiger partial charge in [-0.05, 0) is 42.7 Å². The topological polar surface area (TPSA) is 75.4 Å². The Balaban J connectivity index is 1.83. The molecule has 1 aliphatic heterocycles. The maximum Gasteiger partial charge on any atom is 0.312 e. The molecule has 0 spiro atoms. The van der Waals surface area contributed by atoms with Crippen LogP contribution in [-0.2, 0) is 11.2 Å². The molecular weight excluding hydrogens is 338 g/mol. The number of nitrogens with one attached hydrogen (secondary N) is 1. The number of nitrogens with two attached hydrogens (primary N) is 1. The van der Waals surface area contributed by atoms with E-state index in [0.717, 1.165) is 23.2 Å². The van der Waals surface area contributed by atoms with E-state index in [2.05, 4.69) is 5.32 Å². The predicted molar refractivity (Wildman–Crippen MR) is 98.6 cm³/mol. The van der Waals surface area contributed by atoms with Gasteiger partial charge in [0.1, 0.15) is 0 Å². The largest absolute Gasteiger partial charge is 0.352 e. The number of para-hydroxylation sites is 1. The first-order valence-corrected chi connectivity index (χ1v) is 8.55. The molecule has 1 heterocycles. The summed E-state index contributed by atoms with van der Waals surface area (Å²) < 4.78 is 0. The molecule has 0 unspecified atom stereocenters. The Morgan fingerprint density at radius 3 is 2.60 bits per heavy atom. The number of hydrogen-bond donors (Lipinski definition) is 2. The number of anilines is 1. The van der Waals surface area contributed by atoms with Crippen molar-refractivity contribution in [2.45, 2.75) is 31.8 Å². The van der Waals surface area contributed by atoms with E-state index in [1.807, 2.05) is 31.2 Å². The van der Waals surface area contributed by atoms with Gasteiger partial charge in [-0.25, -0.2) is 4.79 Å². The maximum atomic E-state index is 13.0. The van der Waals surface area contributed by atoms with Gasteiger partial charge in [0.05, 0.1) is 12.5 Å². The smallest absolute Gasteiger partial charge is 0.312 e. The quantitative estimate of drug-likeness (QED) is 0.879. The number of fused-ring (bicyclic) bond motifs is 1.